The second-order valence-electron chi connectivity index (χ2n) is 5.24. The van der Waals surface area contributed by atoms with Crippen molar-refractivity contribution in [2.75, 3.05) is 11.9 Å². The Morgan fingerprint density at radius 1 is 1.33 bits per heavy atom. The van der Waals surface area contributed by atoms with Crippen LogP contribution in [0.2, 0.25) is 0 Å². The van der Waals surface area contributed by atoms with E-state index in [4.69, 9.17) is 5.11 Å². The normalized spacial score (nSPS) is 17.1. The Hall–Kier alpha value is -1.89. The Morgan fingerprint density at radius 2 is 2.10 bits per heavy atom. The number of nitrogens with zero attached hydrogens (tertiary/aromatic N) is 3. The van der Waals surface area contributed by atoms with Crippen LogP contribution in [0.1, 0.15) is 50.3 Å². The number of carbonyl (C=O) groups is 1. The molecule has 0 fully saturated rings. The molecule has 0 aromatic carbocycles. The van der Waals surface area contributed by atoms with Crippen molar-refractivity contribution in [1.82, 2.24) is 9.55 Å². The molecule has 0 aliphatic carbocycles. The van der Waals surface area contributed by atoms with Gasteiger partial charge in [0.15, 0.2) is 5.82 Å². The lowest BCUT2D eigenvalue weighted by molar-refractivity contribution is -0.137. The Bertz CT molecular complexity index is 498. The van der Waals surface area contributed by atoms with Crippen molar-refractivity contribution in [2.24, 2.45) is 4.99 Å². The first-order chi connectivity index (χ1) is 10.2. The highest BCUT2D eigenvalue weighted by molar-refractivity contribution is 5.75. The van der Waals surface area contributed by atoms with E-state index in [1.54, 1.807) is 12.7 Å². The minimum absolute atomic E-state index is 0.257. The monoisotopic (exact) mass is 294 g/mol. The van der Waals surface area contributed by atoms with E-state index >= 15 is 0 Å². The minimum atomic E-state index is -0.722. The molecule has 0 radical (unpaired) electrons. The Labute approximate surface area is 123 Å². The topological polar surface area (TPSA) is 99.7 Å². The maximum atomic E-state index is 10.4. The largest absolute Gasteiger partial charge is 0.481 e. The molecule has 116 valence electrons. The van der Waals surface area contributed by atoms with Crippen molar-refractivity contribution >= 4 is 18.1 Å². The first-order valence-electron chi connectivity index (χ1n) is 7.38. The number of unbranched alkanes of at least 4 members (excludes halogenated alkanes) is 4. The van der Waals surface area contributed by atoms with Gasteiger partial charge in [-0.15, -0.1) is 0 Å². The van der Waals surface area contributed by atoms with Crippen LogP contribution in [-0.4, -0.2) is 38.6 Å². The van der Waals surface area contributed by atoms with Crippen molar-refractivity contribution in [1.29, 1.82) is 0 Å². The standard InChI is InChI=1S/C14H22N4O3/c19-11-8-15-9-16-14-13(11)18(10-17-14)7-5-3-1-2-4-6-12(20)21/h9-11,19H,1-8H2,(H,15,16)(H,20,21). The average Bonchev–Trinajstić information content (AvgIpc) is 2.76. The first-order valence-corrected chi connectivity index (χ1v) is 7.38. The Balaban J connectivity index is 1.72. The Kier molecular flexibility index (Phi) is 5.74. The predicted octanol–water partition coefficient (Wildman–Crippen LogP) is 1.80. The van der Waals surface area contributed by atoms with Gasteiger partial charge in [-0.1, -0.05) is 19.3 Å². The summed E-state index contributed by atoms with van der Waals surface area (Å²) in [7, 11) is 0. The third-order valence-corrected chi connectivity index (χ3v) is 3.55. The molecule has 3 N–H and O–H groups in total. The SMILES string of the molecule is O=C(O)CCCCCCCn1cnc2c1C(O)CN=CN2. The van der Waals surface area contributed by atoms with Gasteiger partial charge in [-0.3, -0.25) is 9.79 Å². The lowest BCUT2D eigenvalue weighted by Crippen LogP contribution is -2.10. The molecule has 0 spiro atoms. The fourth-order valence-corrected chi connectivity index (χ4v) is 2.46. The molecule has 7 nitrogen and oxygen atoms in total. The van der Waals surface area contributed by atoms with Crippen molar-refractivity contribution in [3.05, 3.63) is 12.0 Å². The number of hydrogen-bond acceptors (Lipinski definition) is 5. The zero-order chi connectivity index (χ0) is 15.1. The van der Waals surface area contributed by atoms with E-state index in [0.717, 1.165) is 44.3 Å². The molecule has 1 aromatic heterocycles. The fraction of sp³-hybridized carbons (Fsp3) is 0.643. The van der Waals surface area contributed by atoms with Crippen LogP contribution in [0.4, 0.5) is 5.82 Å². The van der Waals surface area contributed by atoms with Crippen LogP contribution in [-0.2, 0) is 11.3 Å². The first kappa shape index (κ1) is 15.5. The van der Waals surface area contributed by atoms with Gasteiger partial charge in [0.1, 0.15) is 6.10 Å². The molecular formula is C14H22N4O3. The number of fused-ring (bicyclic) bond motifs is 1. The molecule has 0 bridgehead atoms. The lowest BCUT2D eigenvalue weighted by Gasteiger charge is -2.12. The third-order valence-electron chi connectivity index (χ3n) is 3.55. The number of aliphatic carboxylic acids is 1. The van der Waals surface area contributed by atoms with Gasteiger partial charge in [-0.25, -0.2) is 4.98 Å². The number of aromatic nitrogens is 2. The summed E-state index contributed by atoms with van der Waals surface area (Å²) < 4.78 is 1.97. The van der Waals surface area contributed by atoms with Crippen LogP contribution in [0, 0.1) is 0 Å². The Morgan fingerprint density at radius 3 is 2.90 bits per heavy atom. The second-order valence-corrected chi connectivity index (χ2v) is 5.24. The maximum absolute atomic E-state index is 10.4. The van der Waals surface area contributed by atoms with Gasteiger partial charge in [-0.05, 0) is 12.8 Å². The van der Waals surface area contributed by atoms with Crippen molar-refractivity contribution in [3.8, 4) is 0 Å². The lowest BCUT2D eigenvalue weighted by atomic mass is 10.1. The van der Waals surface area contributed by atoms with E-state index in [2.05, 4.69) is 15.3 Å². The van der Waals surface area contributed by atoms with Crippen LogP contribution in [0.3, 0.4) is 0 Å². The number of aliphatic hydroxyl groups is 1. The number of carboxylic acid groups (broad SMARTS) is 1. The molecule has 1 unspecified atom stereocenters. The van der Waals surface area contributed by atoms with Crippen LogP contribution >= 0.6 is 0 Å². The third kappa shape index (κ3) is 4.56. The molecule has 2 heterocycles. The summed E-state index contributed by atoms with van der Waals surface area (Å²) in [4.78, 5) is 18.7. The highest BCUT2D eigenvalue weighted by Crippen LogP contribution is 2.24. The molecule has 7 heteroatoms. The van der Waals surface area contributed by atoms with Gasteiger partial charge in [-0.2, -0.15) is 0 Å². The quantitative estimate of drug-likeness (QED) is 0.635. The van der Waals surface area contributed by atoms with E-state index in [1.165, 1.54) is 0 Å². The van der Waals surface area contributed by atoms with Crippen LogP contribution in [0.5, 0.6) is 0 Å². The van der Waals surface area contributed by atoms with Gasteiger partial charge in [0, 0.05) is 13.0 Å². The van der Waals surface area contributed by atoms with Crippen LogP contribution < -0.4 is 5.32 Å². The van der Waals surface area contributed by atoms with Gasteiger partial charge in [0.05, 0.1) is 24.9 Å². The molecule has 1 aromatic rings. The highest BCUT2D eigenvalue weighted by atomic mass is 16.4. The summed E-state index contributed by atoms with van der Waals surface area (Å²) >= 11 is 0. The second kappa shape index (κ2) is 7.78. The number of aliphatic hydroxyl groups excluding tert-OH is 1. The van der Waals surface area contributed by atoms with E-state index in [0.29, 0.717) is 12.4 Å². The number of anilines is 1. The summed E-state index contributed by atoms with van der Waals surface area (Å²) in [5.41, 5.74) is 0.790. The molecule has 1 atom stereocenters. The van der Waals surface area contributed by atoms with Crippen molar-refractivity contribution in [3.63, 3.8) is 0 Å². The van der Waals surface area contributed by atoms with E-state index in [1.807, 2.05) is 4.57 Å². The van der Waals surface area contributed by atoms with Crippen molar-refractivity contribution in [2.45, 2.75) is 51.2 Å². The summed E-state index contributed by atoms with van der Waals surface area (Å²) in [5.74, 6) is -0.0509. The number of hydrogen-bond donors (Lipinski definition) is 3. The minimum Gasteiger partial charge on any atom is -0.481 e. The molecule has 1 aliphatic heterocycles. The fourth-order valence-electron chi connectivity index (χ4n) is 2.46. The van der Waals surface area contributed by atoms with Gasteiger partial charge in [0.25, 0.3) is 0 Å². The number of rotatable bonds is 8. The van der Waals surface area contributed by atoms with E-state index in [-0.39, 0.29) is 6.42 Å². The molecule has 0 amide bonds. The maximum Gasteiger partial charge on any atom is 0.303 e. The van der Waals surface area contributed by atoms with Crippen molar-refractivity contribution < 1.29 is 15.0 Å². The molecule has 21 heavy (non-hydrogen) atoms. The number of imidazole rings is 1. The van der Waals surface area contributed by atoms with E-state index < -0.39 is 12.1 Å². The number of aryl methyl sites for hydroxylation is 1. The zero-order valence-electron chi connectivity index (χ0n) is 12.0. The molecule has 0 saturated carbocycles. The summed E-state index contributed by atoms with van der Waals surface area (Å²) in [5, 5.41) is 21.6. The number of carboxylic acids is 1. The summed E-state index contributed by atoms with van der Waals surface area (Å²) in [6.45, 7) is 1.15. The highest BCUT2D eigenvalue weighted by Gasteiger charge is 2.20. The number of nitrogens with one attached hydrogen (secondary N) is 1. The zero-order valence-corrected chi connectivity index (χ0v) is 12.0. The molecular weight excluding hydrogens is 272 g/mol. The van der Waals surface area contributed by atoms with Crippen LogP contribution in [0.25, 0.3) is 0 Å². The van der Waals surface area contributed by atoms with Crippen LogP contribution in [0.15, 0.2) is 11.3 Å². The molecule has 1 aliphatic rings. The smallest absolute Gasteiger partial charge is 0.303 e. The van der Waals surface area contributed by atoms with Gasteiger partial charge >= 0.3 is 5.97 Å². The molecule has 0 saturated heterocycles. The number of aliphatic imine (C=N–C) groups is 1. The predicted molar refractivity (Wildman–Crippen MR) is 79.5 cm³/mol. The van der Waals surface area contributed by atoms with E-state index in [9.17, 15) is 9.90 Å². The molecule has 2 rings (SSSR count). The van der Waals surface area contributed by atoms with Gasteiger partial charge in [0.2, 0.25) is 0 Å². The van der Waals surface area contributed by atoms with Gasteiger partial charge < -0.3 is 20.1 Å². The average molecular weight is 294 g/mol. The summed E-state index contributed by atoms with van der Waals surface area (Å²) in [6.07, 6.45) is 7.71. The summed E-state index contributed by atoms with van der Waals surface area (Å²) in [6, 6.07) is 0.